The third kappa shape index (κ3) is 1.61. The van der Waals surface area contributed by atoms with Gasteiger partial charge in [0, 0.05) is 20.1 Å². The predicted molar refractivity (Wildman–Crippen MR) is 65.2 cm³/mol. The molecule has 3 saturated carbocycles. The Morgan fingerprint density at radius 1 is 1.31 bits per heavy atom. The van der Waals surface area contributed by atoms with Crippen molar-refractivity contribution in [1.82, 2.24) is 10.2 Å². The summed E-state index contributed by atoms with van der Waals surface area (Å²) < 4.78 is 0. The molecule has 3 rings (SSSR count). The number of nitrogens with one attached hydrogen (secondary N) is 1. The van der Waals surface area contributed by atoms with Gasteiger partial charge in [0.25, 0.3) is 0 Å². The molecule has 3 fully saturated rings. The van der Waals surface area contributed by atoms with Gasteiger partial charge in [0.1, 0.15) is 0 Å². The summed E-state index contributed by atoms with van der Waals surface area (Å²) in [7, 11) is 3.60. The fourth-order valence-corrected chi connectivity index (χ4v) is 3.63. The maximum atomic E-state index is 11.7. The van der Waals surface area contributed by atoms with Gasteiger partial charge in [-0.15, -0.1) is 0 Å². The smallest absolute Gasteiger partial charge is 0.317 e. The van der Waals surface area contributed by atoms with Crippen LogP contribution >= 0.6 is 0 Å². The largest absolute Gasteiger partial charge is 0.335 e. The third-order valence-corrected chi connectivity index (χ3v) is 5.07. The molecule has 0 heterocycles. The Morgan fingerprint density at radius 3 is 2.38 bits per heavy atom. The normalized spacial score (nSPS) is 39.8. The molecule has 0 aliphatic heterocycles. The fourth-order valence-electron chi connectivity index (χ4n) is 3.63. The zero-order chi connectivity index (χ0) is 12.1. The number of fused-ring (bicyclic) bond motifs is 2. The predicted octanol–water partition coefficient (Wildman–Crippen LogP) is 2.33. The average molecular weight is 224 g/mol. The van der Waals surface area contributed by atoms with Crippen molar-refractivity contribution in [2.75, 3.05) is 14.1 Å². The van der Waals surface area contributed by atoms with E-state index in [2.05, 4.69) is 26.1 Å². The van der Waals surface area contributed by atoms with Crippen molar-refractivity contribution in [3.8, 4) is 0 Å². The number of hydrogen-bond donors (Lipinski definition) is 1. The summed E-state index contributed by atoms with van der Waals surface area (Å²) in [6.45, 7) is 7.06. The SMILES string of the molecule is C[C@@H]1[C@H]2C[C@@H](C[C@H]1NC(=O)N(C)C)C2(C)C. The van der Waals surface area contributed by atoms with Crippen LogP contribution in [0.15, 0.2) is 0 Å². The van der Waals surface area contributed by atoms with Crippen molar-refractivity contribution in [1.29, 1.82) is 0 Å². The second kappa shape index (κ2) is 3.64. The third-order valence-electron chi connectivity index (χ3n) is 5.07. The summed E-state index contributed by atoms with van der Waals surface area (Å²) in [6.07, 6.45) is 2.52. The van der Waals surface area contributed by atoms with Crippen molar-refractivity contribution in [2.45, 2.75) is 39.7 Å². The van der Waals surface area contributed by atoms with Crippen LogP contribution in [0, 0.1) is 23.2 Å². The van der Waals surface area contributed by atoms with Crippen molar-refractivity contribution < 1.29 is 4.79 Å². The van der Waals surface area contributed by atoms with Gasteiger partial charge >= 0.3 is 6.03 Å². The quantitative estimate of drug-likeness (QED) is 0.728. The maximum absolute atomic E-state index is 11.7. The summed E-state index contributed by atoms with van der Waals surface area (Å²) in [6, 6.07) is 0.433. The second-order valence-electron chi connectivity index (χ2n) is 6.41. The number of carbonyl (C=O) groups excluding carboxylic acids is 1. The van der Waals surface area contributed by atoms with Gasteiger partial charge in [-0.25, -0.2) is 4.79 Å². The Bertz CT molecular complexity index is 298. The van der Waals surface area contributed by atoms with E-state index in [9.17, 15) is 4.79 Å². The number of rotatable bonds is 1. The summed E-state index contributed by atoms with van der Waals surface area (Å²) in [5.41, 5.74) is 0.499. The van der Waals surface area contributed by atoms with E-state index in [0.29, 0.717) is 17.4 Å². The summed E-state index contributed by atoms with van der Waals surface area (Å²) in [4.78, 5) is 13.3. The van der Waals surface area contributed by atoms with Crippen LogP contribution in [-0.2, 0) is 0 Å². The second-order valence-corrected chi connectivity index (χ2v) is 6.41. The monoisotopic (exact) mass is 224 g/mol. The molecule has 0 unspecified atom stereocenters. The summed E-state index contributed by atoms with van der Waals surface area (Å²) >= 11 is 0. The molecule has 3 heteroatoms. The minimum atomic E-state index is 0.0518. The molecule has 3 aliphatic rings. The molecule has 0 radical (unpaired) electrons. The fraction of sp³-hybridized carbons (Fsp3) is 0.923. The van der Waals surface area contributed by atoms with Gasteiger partial charge in [-0.05, 0) is 36.0 Å². The Balaban J connectivity index is 1.98. The number of nitrogens with zero attached hydrogens (tertiary/aromatic N) is 1. The van der Waals surface area contributed by atoms with Gasteiger partial charge in [0.05, 0.1) is 0 Å². The van der Waals surface area contributed by atoms with Crippen molar-refractivity contribution in [3.05, 3.63) is 0 Å². The number of urea groups is 1. The van der Waals surface area contributed by atoms with Crippen LogP contribution in [-0.4, -0.2) is 31.1 Å². The molecule has 2 bridgehead atoms. The van der Waals surface area contributed by atoms with Gasteiger partial charge in [0.2, 0.25) is 0 Å². The van der Waals surface area contributed by atoms with Crippen molar-refractivity contribution in [2.24, 2.45) is 23.2 Å². The highest BCUT2D eigenvalue weighted by atomic mass is 16.2. The van der Waals surface area contributed by atoms with Crippen LogP contribution in [0.2, 0.25) is 0 Å². The number of hydrogen-bond acceptors (Lipinski definition) is 1. The molecular formula is C13H24N2O. The molecule has 1 N–H and O–H groups in total. The van der Waals surface area contributed by atoms with Gasteiger partial charge < -0.3 is 10.2 Å². The highest BCUT2D eigenvalue weighted by molar-refractivity contribution is 5.73. The molecule has 3 aliphatic carbocycles. The van der Waals surface area contributed by atoms with E-state index in [1.807, 2.05) is 0 Å². The maximum Gasteiger partial charge on any atom is 0.317 e. The standard InChI is InChI=1S/C13H24N2O/c1-8-10-6-9(13(10,2)3)7-11(8)14-12(16)15(4)5/h8-11H,6-7H2,1-5H3,(H,14,16)/t8-,9+,10-,11-/m1/s1. The Kier molecular flexibility index (Phi) is 2.67. The Hall–Kier alpha value is -0.730. The van der Waals surface area contributed by atoms with E-state index < -0.39 is 0 Å². The van der Waals surface area contributed by atoms with Gasteiger partial charge in [-0.1, -0.05) is 20.8 Å². The van der Waals surface area contributed by atoms with Gasteiger partial charge in [-0.2, -0.15) is 0 Å². The first kappa shape index (κ1) is 11.7. The first-order valence-corrected chi connectivity index (χ1v) is 6.32. The topological polar surface area (TPSA) is 32.3 Å². The van der Waals surface area contributed by atoms with Crippen LogP contribution in [0.25, 0.3) is 0 Å². The lowest BCUT2D eigenvalue weighted by atomic mass is 9.45. The molecule has 4 atom stereocenters. The number of amides is 2. The van der Waals surface area contributed by atoms with E-state index in [-0.39, 0.29) is 6.03 Å². The van der Waals surface area contributed by atoms with Crippen molar-refractivity contribution in [3.63, 3.8) is 0 Å². The zero-order valence-corrected chi connectivity index (χ0v) is 11.1. The Labute approximate surface area is 98.6 Å². The first-order valence-electron chi connectivity index (χ1n) is 6.32. The molecular weight excluding hydrogens is 200 g/mol. The number of carbonyl (C=O) groups is 1. The van der Waals surface area contributed by atoms with Crippen molar-refractivity contribution >= 4 is 6.03 Å². The van der Waals surface area contributed by atoms with E-state index in [0.717, 1.165) is 18.3 Å². The van der Waals surface area contributed by atoms with Crippen LogP contribution in [0.1, 0.15) is 33.6 Å². The molecule has 0 saturated heterocycles. The van der Waals surface area contributed by atoms with E-state index in [4.69, 9.17) is 0 Å². The van der Waals surface area contributed by atoms with Crippen LogP contribution < -0.4 is 5.32 Å². The molecule has 0 aromatic heterocycles. The van der Waals surface area contributed by atoms with Crippen LogP contribution in [0.5, 0.6) is 0 Å². The minimum Gasteiger partial charge on any atom is -0.335 e. The highest BCUT2D eigenvalue weighted by Crippen LogP contribution is 2.61. The summed E-state index contributed by atoms with van der Waals surface area (Å²) in [5, 5.41) is 3.15. The Morgan fingerprint density at radius 2 is 1.94 bits per heavy atom. The molecule has 0 spiro atoms. The van der Waals surface area contributed by atoms with Crippen LogP contribution in [0.4, 0.5) is 4.79 Å². The molecule has 16 heavy (non-hydrogen) atoms. The van der Waals surface area contributed by atoms with E-state index in [1.165, 1.54) is 6.42 Å². The molecule has 3 nitrogen and oxygen atoms in total. The lowest BCUT2D eigenvalue weighted by Gasteiger charge is -2.62. The lowest BCUT2D eigenvalue weighted by molar-refractivity contribution is -0.113. The summed E-state index contributed by atoms with van der Waals surface area (Å²) in [5.74, 6) is 2.21. The van der Waals surface area contributed by atoms with E-state index in [1.54, 1.807) is 19.0 Å². The molecule has 0 aromatic carbocycles. The zero-order valence-electron chi connectivity index (χ0n) is 11.1. The van der Waals surface area contributed by atoms with Gasteiger partial charge in [0.15, 0.2) is 0 Å². The first-order chi connectivity index (χ1) is 7.34. The average Bonchev–Trinajstić information content (AvgIpc) is 2.19. The van der Waals surface area contributed by atoms with Gasteiger partial charge in [-0.3, -0.25) is 0 Å². The highest BCUT2D eigenvalue weighted by Gasteiger charge is 2.56. The molecule has 0 aromatic rings. The minimum absolute atomic E-state index is 0.0518. The molecule has 92 valence electrons. The van der Waals surface area contributed by atoms with E-state index >= 15 is 0 Å². The van der Waals surface area contributed by atoms with Crippen LogP contribution in [0.3, 0.4) is 0 Å². The molecule has 2 amide bonds. The lowest BCUT2D eigenvalue weighted by Crippen LogP contribution is -2.61.